The summed E-state index contributed by atoms with van der Waals surface area (Å²) in [5.74, 6) is 1.09. The lowest BCUT2D eigenvalue weighted by molar-refractivity contribution is -0.141. The Kier molecular flexibility index (Phi) is 5.55. The standard InChI is InChI=1S/C15H19Cl2NO2/c1-11(20-14-7-4-5-12(17)9-14)15(19)18-8-3-2-6-13(18)10-16/h4-5,7,9,11,13H,2-3,6,8,10H2,1H3. The van der Waals surface area contributed by atoms with Gasteiger partial charge in [0.1, 0.15) is 5.75 Å². The van der Waals surface area contributed by atoms with Gasteiger partial charge in [-0.1, -0.05) is 17.7 Å². The highest BCUT2D eigenvalue weighted by Gasteiger charge is 2.30. The predicted molar refractivity (Wildman–Crippen MR) is 81.6 cm³/mol. The maximum Gasteiger partial charge on any atom is 0.263 e. The summed E-state index contributed by atoms with van der Waals surface area (Å²) in [5, 5.41) is 0.596. The van der Waals surface area contributed by atoms with Crippen molar-refractivity contribution in [3.8, 4) is 5.75 Å². The molecular formula is C15H19Cl2NO2. The minimum atomic E-state index is -0.530. The van der Waals surface area contributed by atoms with E-state index in [-0.39, 0.29) is 11.9 Å². The topological polar surface area (TPSA) is 29.5 Å². The summed E-state index contributed by atoms with van der Waals surface area (Å²) in [5.41, 5.74) is 0. The van der Waals surface area contributed by atoms with Gasteiger partial charge in [0.15, 0.2) is 6.10 Å². The first kappa shape index (κ1) is 15.5. The summed E-state index contributed by atoms with van der Waals surface area (Å²) in [4.78, 5) is 14.3. The third-order valence-electron chi connectivity index (χ3n) is 3.55. The first-order valence-electron chi connectivity index (χ1n) is 6.90. The Morgan fingerprint density at radius 2 is 2.30 bits per heavy atom. The molecule has 0 bridgehead atoms. The van der Waals surface area contributed by atoms with Crippen LogP contribution >= 0.6 is 23.2 Å². The van der Waals surface area contributed by atoms with Crippen LogP contribution in [0.5, 0.6) is 5.75 Å². The molecule has 3 nitrogen and oxygen atoms in total. The Balaban J connectivity index is 2.00. The van der Waals surface area contributed by atoms with E-state index in [9.17, 15) is 4.79 Å². The van der Waals surface area contributed by atoms with Gasteiger partial charge in [0.2, 0.25) is 0 Å². The quantitative estimate of drug-likeness (QED) is 0.792. The molecule has 1 fully saturated rings. The molecule has 1 aromatic rings. The van der Waals surface area contributed by atoms with Crippen molar-refractivity contribution in [1.29, 1.82) is 0 Å². The Morgan fingerprint density at radius 1 is 1.50 bits per heavy atom. The van der Waals surface area contributed by atoms with Crippen LogP contribution in [0.3, 0.4) is 0 Å². The molecule has 0 aliphatic carbocycles. The highest BCUT2D eigenvalue weighted by Crippen LogP contribution is 2.22. The van der Waals surface area contributed by atoms with Crippen LogP contribution < -0.4 is 4.74 Å². The summed E-state index contributed by atoms with van der Waals surface area (Å²) in [6.07, 6.45) is 2.60. The molecule has 0 spiro atoms. The Labute approximate surface area is 129 Å². The number of hydrogen-bond acceptors (Lipinski definition) is 2. The third kappa shape index (κ3) is 3.80. The number of ether oxygens (including phenoxy) is 1. The Morgan fingerprint density at radius 3 is 3.00 bits per heavy atom. The van der Waals surface area contributed by atoms with Gasteiger partial charge in [-0.25, -0.2) is 0 Å². The molecule has 0 saturated carbocycles. The molecule has 1 amide bonds. The van der Waals surface area contributed by atoms with Crippen LogP contribution in [0.4, 0.5) is 0 Å². The zero-order valence-corrected chi connectivity index (χ0v) is 13.0. The SMILES string of the molecule is CC(Oc1cccc(Cl)c1)C(=O)N1CCCCC1CCl. The van der Waals surface area contributed by atoms with E-state index in [2.05, 4.69) is 0 Å². The van der Waals surface area contributed by atoms with E-state index in [0.29, 0.717) is 16.7 Å². The zero-order chi connectivity index (χ0) is 14.5. The van der Waals surface area contributed by atoms with Crippen molar-refractivity contribution in [3.05, 3.63) is 29.3 Å². The molecule has 0 radical (unpaired) electrons. The van der Waals surface area contributed by atoms with E-state index in [1.807, 2.05) is 4.90 Å². The number of hydrogen-bond donors (Lipinski definition) is 0. The second-order valence-corrected chi connectivity index (χ2v) is 5.80. The normalized spacial score (nSPS) is 20.6. The number of nitrogens with zero attached hydrogens (tertiary/aromatic N) is 1. The van der Waals surface area contributed by atoms with E-state index < -0.39 is 6.10 Å². The average molecular weight is 316 g/mol. The van der Waals surface area contributed by atoms with Gasteiger partial charge in [-0.15, -0.1) is 11.6 Å². The van der Waals surface area contributed by atoms with Crippen LogP contribution in [0.15, 0.2) is 24.3 Å². The number of piperidine rings is 1. The lowest BCUT2D eigenvalue weighted by Crippen LogP contribution is -2.49. The minimum Gasteiger partial charge on any atom is -0.481 e. The minimum absolute atomic E-state index is 0.00433. The number of amides is 1. The van der Waals surface area contributed by atoms with Gasteiger partial charge in [-0.05, 0) is 44.4 Å². The Hall–Kier alpha value is -0.930. The molecule has 1 heterocycles. The first-order chi connectivity index (χ1) is 9.61. The second kappa shape index (κ2) is 7.19. The summed E-state index contributed by atoms with van der Waals surface area (Å²) in [6.45, 7) is 2.53. The molecular weight excluding hydrogens is 297 g/mol. The lowest BCUT2D eigenvalue weighted by Gasteiger charge is -2.36. The number of carbonyl (C=O) groups is 1. The van der Waals surface area contributed by atoms with E-state index in [4.69, 9.17) is 27.9 Å². The smallest absolute Gasteiger partial charge is 0.263 e. The van der Waals surface area contributed by atoms with Crippen molar-refractivity contribution in [2.75, 3.05) is 12.4 Å². The van der Waals surface area contributed by atoms with Crippen molar-refractivity contribution in [1.82, 2.24) is 4.90 Å². The van der Waals surface area contributed by atoms with Gasteiger partial charge in [0.05, 0.1) is 0 Å². The number of likely N-dealkylation sites (tertiary alicyclic amines) is 1. The predicted octanol–water partition coefficient (Wildman–Crippen LogP) is 3.73. The summed E-state index contributed by atoms with van der Waals surface area (Å²) < 4.78 is 5.68. The van der Waals surface area contributed by atoms with Crippen molar-refractivity contribution in [2.24, 2.45) is 0 Å². The second-order valence-electron chi connectivity index (χ2n) is 5.05. The van der Waals surface area contributed by atoms with Crippen LogP contribution in [0.2, 0.25) is 5.02 Å². The molecule has 110 valence electrons. The highest BCUT2D eigenvalue weighted by molar-refractivity contribution is 6.30. The highest BCUT2D eigenvalue weighted by atomic mass is 35.5. The zero-order valence-electron chi connectivity index (χ0n) is 11.5. The number of rotatable bonds is 4. The maximum absolute atomic E-state index is 12.5. The van der Waals surface area contributed by atoms with Crippen molar-refractivity contribution in [2.45, 2.75) is 38.3 Å². The summed E-state index contributed by atoms with van der Waals surface area (Å²) in [7, 11) is 0. The Bertz CT molecular complexity index is 467. The molecule has 0 aromatic heterocycles. The molecule has 2 atom stereocenters. The van der Waals surface area contributed by atoms with Gasteiger partial charge >= 0.3 is 0 Å². The van der Waals surface area contributed by atoms with Gasteiger partial charge in [0.25, 0.3) is 5.91 Å². The molecule has 5 heteroatoms. The van der Waals surface area contributed by atoms with Gasteiger partial charge in [-0.3, -0.25) is 4.79 Å². The van der Waals surface area contributed by atoms with Crippen LogP contribution in [0.1, 0.15) is 26.2 Å². The van der Waals surface area contributed by atoms with Crippen LogP contribution in [-0.2, 0) is 4.79 Å². The van der Waals surface area contributed by atoms with Crippen molar-refractivity contribution >= 4 is 29.1 Å². The number of alkyl halides is 1. The molecule has 0 N–H and O–H groups in total. The van der Waals surface area contributed by atoms with Gasteiger partial charge in [0, 0.05) is 23.5 Å². The van der Waals surface area contributed by atoms with Crippen LogP contribution in [-0.4, -0.2) is 35.4 Å². The number of carbonyl (C=O) groups excluding carboxylic acids is 1. The van der Waals surface area contributed by atoms with Crippen LogP contribution in [0.25, 0.3) is 0 Å². The third-order valence-corrected chi connectivity index (χ3v) is 4.14. The first-order valence-corrected chi connectivity index (χ1v) is 7.81. The van der Waals surface area contributed by atoms with Crippen LogP contribution in [0, 0.1) is 0 Å². The molecule has 1 aliphatic rings. The fourth-order valence-corrected chi connectivity index (χ4v) is 2.98. The van der Waals surface area contributed by atoms with Gasteiger partial charge in [-0.2, -0.15) is 0 Å². The molecule has 1 aliphatic heterocycles. The van der Waals surface area contributed by atoms with E-state index in [1.54, 1.807) is 31.2 Å². The van der Waals surface area contributed by atoms with E-state index in [0.717, 1.165) is 25.8 Å². The monoisotopic (exact) mass is 315 g/mol. The van der Waals surface area contributed by atoms with Gasteiger partial charge < -0.3 is 9.64 Å². The number of benzene rings is 1. The maximum atomic E-state index is 12.5. The summed E-state index contributed by atoms with van der Waals surface area (Å²) in [6, 6.07) is 7.21. The molecule has 1 saturated heterocycles. The molecule has 2 unspecified atom stereocenters. The molecule has 2 rings (SSSR count). The average Bonchev–Trinajstić information content (AvgIpc) is 2.46. The fraction of sp³-hybridized carbons (Fsp3) is 0.533. The molecule has 20 heavy (non-hydrogen) atoms. The lowest BCUT2D eigenvalue weighted by atomic mass is 10.0. The van der Waals surface area contributed by atoms with E-state index in [1.165, 1.54) is 0 Å². The molecule has 1 aromatic carbocycles. The van der Waals surface area contributed by atoms with Crippen molar-refractivity contribution < 1.29 is 9.53 Å². The number of halogens is 2. The van der Waals surface area contributed by atoms with Crippen molar-refractivity contribution in [3.63, 3.8) is 0 Å². The van der Waals surface area contributed by atoms with E-state index >= 15 is 0 Å². The summed E-state index contributed by atoms with van der Waals surface area (Å²) >= 11 is 11.9. The largest absolute Gasteiger partial charge is 0.481 e. The fourth-order valence-electron chi connectivity index (χ4n) is 2.48.